The maximum Gasteiger partial charge on any atom is 0.247 e. The number of carbonyl (C=O) groups excluding carboxylic acids is 3. The first-order valence-electron chi connectivity index (χ1n) is 13.9. The SMILES string of the molecule is CN[C@@H](C)C(=O)N[C@H](C(=O)N1CCC[C@H]1C(=O)Nc1cc2c(Nc3ccccc3Br)ncnc2cc1OC)C(C)(C)C. The number of hydrogen-bond donors (Lipinski definition) is 4. The number of amides is 3. The zero-order chi connectivity index (χ0) is 30.6. The molecule has 4 rings (SSSR count). The standard InChI is InChI=1S/C30H38BrN7O4/c1-17(32-5)27(39)37-25(30(2,3)4)29(41)38-13-9-12-23(38)28(40)36-22-14-18-21(15-24(22)42-6)33-16-34-26(18)35-20-11-8-7-10-19(20)31/h7-8,10-11,14-17,23,25,32H,9,12-13H2,1-6H3,(H,36,40)(H,37,39)(H,33,34,35)/t17-,23-,25+/m0/s1. The number of carbonyl (C=O) groups is 3. The molecule has 1 aliphatic heterocycles. The number of nitrogens with zero attached hydrogens (tertiary/aromatic N) is 3. The van der Waals surface area contributed by atoms with Gasteiger partial charge in [-0.05, 0) is 66.4 Å². The van der Waals surface area contributed by atoms with Crippen LogP contribution in [0.5, 0.6) is 5.75 Å². The second-order valence-corrected chi connectivity index (χ2v) is 12.2. The van der Waals surface area contributed by atoms with Gasteiger partial charge in [-0.3, -0.25) is 14.4 Å². The minimum Gasteiger partial charge on any atom is -0.494 e. The summed E-state index contributed by atoms with van der Waals surface area (Å²) >= 11 is 3.55. The van der Waals surface area contributed by atoms with E-state index in [4.69, 9.17) is 4.74 Å². The fourth-order valence-electron chi connectivity index (χ4n) is 4.87. The van der Waals surface area contributed by atoms with E-state index in [0.29, 0.717) is 47.5 Å². The van der Waals surface area contributed by atoms with Crippen LogP contribution in [-0.4, -0.2) is 71.4 Å². The number of likely N-dealkylation sites (N-methyl/N-ethyl adjacent to an activating group) is 1. The van der Waals surface area contributed by atoms with E-state index in [1.807, 2.05) is 45.0 Å². The van der Waals surface area contributed by atoms with Crippen molar-refractivity contribution in [1.82, 2.24) is 25.5 Å². The molecule has 2 heterocycles. The molecule has 224 valence electrons. The summed E-state index contributed by atoms with van der Waals surface area (Å²) in [7, 11) is 3.21. The quantitative estimate of drug-likeness (QED) is 0.273. The van der Waals surface area contributed by atoms with E-state index in [9.17, 15) is 14.4 Å². The molecule has 3 amide bonds. The van der Waals surface area contributed by atoms with E-state index in [1.165, 1.54) is 13.4 Å². The van der Waals surface area contributed by atoms with Gasteiger partial charge in [0, 0.05) is 22.5 Å². The van der Waals surface area contributed by atoms with Crippen molar-refractivity contribution in [2.45, 2.75) is 58.7 Å². The summed E-state index contributed by atoms with van der Waals surface area (Å²) in [6.07, 6.45) is 2.64. The number of hydrogen-bond acceptors (Lipinski definition) is 8. The molecule has 2 aromatic carbocycles. The number of methoxy groups -OCH3 is 1. The van der Waals surface area contributed by atoms with E-state index in [-0.39, 0.29) is 17.7 Å². The van der Waals surface area contributed by atoms with Crippen LogP contribution in [0.15, 0.2) is 47.2 Å². The molecule has 1 aliphatic rings. The summed E-state index contributed by atoms with van der Waals surface area (Å²) < 4.78 is 6.46. The highest BCUT2D eigenvalue weighted by atomic mass is 79.9. The highest BCUT2D eigenvalue weighted by Crippen LogP contribution is 2.35. The van der Waals surface area contributed by atoms with Gasteiger partial charge in [-0.1, -0.05) is 32.9 Å². The highest BCUT2D eigenvalue weighted by Gasteiger charge is 2.42. The average molecular weight is 641 g/mol. The van der Waals surface area contributed by atoms with Gasteiger partial charge in [0.05, 0.1) is 30.0 Å². The molecule has 11 nitrogen and oxygen atoms in total. The number of ether oxygens (including phenoxy) is 1. The first-order chi connectivity index (χ1) is 19.9. The maximum absolute atomic E-state index is 13.8. The van der Waals surface area contributed by atoms with Gasteiger partial charge in [-0.25, -0.2) is 9.97 Å². The normalized spacial score (nSPS) is 16.5. The van der Waals surface area contributed by atoms with Gasteiger partial charge in [0.25, 0.3) is 0 Å². The number of para-hydroxylation sites is 1. The predicted molar refractivity (Wildman–Crippen MR) is 167 cm³/mol. The van der Waals surface area contributed by atoms with Crippen molar-refractivity contribution >= 4 is 61.7 Å². The molecular formula is C30H38BrN7O4. The molecule has 42 heavy (non-hydrogen) atoms. The average Bonchev–Trinajstić information content (AvgIpc) is 3.46. The van der Waals surface area contributed by atoms with Crippen molar-refractivity contribution in [3.05, 3.63) is 47.2 Å². The van der Waals surface area contributed by atoms with Gasteiger partial charge in [0.1, 0.15) is 30.0 Å². The van der Waals surface area contributed by atoms with Crippen molar-refractivity contribution in [3.8, 4) is 5.75 Å². The number of benzene rings is 2. The van der Waals surface area contributed by atoms with Gasteiger partial charge in [-0.15, -0.1) is 0 Å². The molecule has 0 saturated carbocycles. The first-order valence-corrected chi connectivity index (χ1v) is 14.7. The second-order valence-electron chi connectivity index (χ2n) is 11.4. The molecule has 0 aliphatic carbocycles. The van der Waals surface area contributed by atoms with E-state index < -0.39 is 23.5 Å². The number of nitrogens with one attached hydrogen (secondary N) is 4. The van der Waals surface area contributed by atoms with Gasteiger partial charge >= 0.3 is 0 Å². The van der Waals surface area contributed by atoms with E-state index in [0.717, 1.165) is 10.2 Å². The number of anilines is 3. The summed E-state index contributed by atoms with van der Waals surface area (Å²) in [4.78, 5) is 50.6. The fourth-order valence-corrected chi connectivity index (χ4v) is 5.26. The lowest BCUT2D eigenvalue weighted by molar-refractivity contribution is -0.143. The third kappa shape index (κ3) is 6.81. The Kier molecular flexibility index (Phi) is 9.67. The topological polar surface area (TPSA) is 138 Å². The molecule has 1 saturated heterocycles. The Morgan fingerprint density at radius 1 is 1.12 bits per heavy atom. The molecule has 3 aromatic rings. The molecule has 0 radical (unpaired) electrons. The van der Waals surface area contributed by atoms with Crippen molar-refractivity contribution in [1.29, 1.82) is 0 Å². The Morgan fingerprint density at radius 2 is 1.86 bits per heavy atom. The van der Waals surface area contributed by atoms with Gasteiger partial charge in [0.15, 0.2) is 0 Å². The van der Waals surface area contributed by atoms with Crippen LogP contribution in [-0.2, 0) is 14.4 Å². The molecular weight excluding hydrogens is 602 g/mol. The van der Waals surface area contributed by atoms with Crippen LogP contribution in [0.4, 0.5) is 17.2 Å². The number of halogens is 1. The van der Waals surface area contributed by atoms with E-state index in [1.54, 1.807) is 31.0 Å². The minimum atomic E-state index is -0.799. The third-order valence-corrected chi connectivity index (χ3v) is 8.10. The van der Waals surface area contributed by atoms with Crippen molar-refractivity contribution in [2.75, 3.05) is 31.3 Å². The Labute approximate surface area is 254 Å². The molecule has 3 atom stereocenters. The summed E-state index contributed by atoms with van der Waals surface area (Å²) in [5, 5.41) is 12.8. The Hall–Kier alpha value is -3.77. The largest absolute Gasteiger partial charge is 0.494 e. The van der Waals surface area contributed by atoms with E-state index in [2.05, 4.69) is 47.2 Å². The highest BCUT2D eigenvalue weighted by molar-refractivity contribution is 9.10. The molecule has 0 bridgehead atoms. The lowest BCUT2D eigenvalue weighted by atomic mass is 9.85. The van der Waals surface area contributed by atoms with Crippen molar-refractivity contribution in [2.24, 2.45) is 5.41 Å². The molecule has 1 aromatic heterocycles. The van der Waals surface area contributed by atoms with E-state index >= 15 is 0 Å². The van der Waals surface area contributed by atoms with Crippen LogP contribution in [0.2, 0.25) is 0 Å². The van der Waals surface area contributed by atoms with Crippen LogP contribution in [0.3, 0.4) is 0 Å². The van der Waals surface area contributed by atoms with Crippen LogP contribution in [0.1, 0.15) is 40.5 Å². The van der Waals surface area contributed by atoms with Gasteiger partial charge in [0.2, 0.25) is 17.7 Å². The Bertz CT molecular complexity index is 1480. The Morgan fingerprint density at radius 3 is 2.52 bits per heavy atom. The third-order valence-electron chi connectivity index (χ3n) is 7.41. The summed E-state index contributed by atoms with van der Waals surface area (Å²) in [6.45, 7) is 7.84. The molecule has 4 N–H and O–H groups in total. The number of fused-ring (bicyclic) bond motifs is 1. The monoisotopic (exact) mass is 639 g/mol. The molecule has 0 unspecified atom stereocenters. The summed E-state index contributed by atoms with van der Waals surface area (Å²) in [6, 6.07) is 9.22. The second kappa shape index (κ2) is 13.0. The maximum atomic E-state index is 13.8. The fraction of sp³-hybridized carbons (Fsp3) is 0.433. The minimum absolute atomic E-state index is 0.277. The van der Waals surface area contributed by atoms with Gasteiger partial charge < -0.3 is 30.9 Å². The van der Waals surface area contributed by atoms with Crippen LogP contribution < -0.4 is 26.0 Å². The lowest BCUT2D eigenvalue weighted by Gasteiger charge is -2.36. The van der Waals surface area contributed by atoms with Crippen molar-refractivity contribution < 1.29 is 19.1 Å². The zero-order valence-electron chi connectivity index (χ0n) is 24.7. The summed E-state index contributed by atoms with van der Waals surface area (Å²) in [5.74, 6) is 0.0929. The number of aromatic nitrogens is 2. The van der Waals surface area contributed by atoms with Crippen LogP contribution in [0.25, 0.3) is 10.9 Å². The number of rotatable bonds is 9. The predicted octanol–water partition coefficient (Wildman–Crippen LogP) is 4.21. The van der Waals surface area contributed by atoms with Crippen molar-refractivity contribution in [3.63, 3.8) is 0 Å². The van der Waals surface area contributed by atoms with Gasteiger partial charge in [-0.2, -0.15) is 0 Å². The Balaban J connectivity index is 1.60. The lowest BCUT2D eigenvalue weighted by Crippen LogP contribution is -2.59. The summed E-state index contributed by atoms with van der Waals surface area (Å²) in [5.41, 5.74) is 1.32. The zero-order valence-corrected chi connectivity index (χ0v) is 26.3. The molecule has 12 heteroatoms. The molecule has 1 fully saturated rings. The van der Waals surface area contributed by atoms with Crippen LogP contribution >= 0.6 is 15.9 Å². The first kappa shape index (κ1) is 31.2. The number of likely N-dealkylation sites (tertiary alicyclic amines) is 1. The smallest absolute Gasteiger partial charge is 0.247 e. The van der Waals surface area contributed by atoms with Crippen LogP contribution in [0, 0.1) is 5.41 Å². The molecule has 0 spiro atoms.